The summed E-state index contributed by atoms with van der Waals surface area (Å²) in [5.74, 6) is 0.714. The van der Waals surface area contributed by atoms with Crippen LogP contribution < -0.4 is 10.6 Å². The topological polar surface area (TPSA) is 88.1 Å². The number of nitrogens with one attached hydrogen (secondary N) is 1. The number of nitrogen functional groups attached to an aromatic ring is 1. The number of likely N-dealkylation sites (N-methyl/N-ethyl adjacent to an activating group) is 1. The van der Waals surface area contributed by atoms with E-state index in [1.165, 1.54) is 6.20 Å². The number of hydrogen-bond donors (Lipinski definition) is 2. The molecule has 0 saturated carbocycles. The van der Waals surface area contributed by atoms with Crippen molar-refractivity contribution in [2.45, 2.75) is 12.5 Å². The summed E-state index contributed by atoms with van der Waals surface area (Å²) >= 11 is 0. The van der Waals surface area contributed by atoms with Crippen LogP contribution in [0.5, 0.6) is 0 Å². The Kier molecular flexibility index (Phi) is 3.00. The molecule has 1 aromatic rings. The van der Waals surface area contributed by atoms with Crippen LogP contribution in [-0.4, -0.2) is 42.1 Å². The standard InChI is InChI=1S/C10H15N5O/c1-15(7-2-3-16-6-7)9-5-13-8(4-14-9)10(11)12/h4-5,7H,2-3,6H2,1H3,(H3,11,12). The van der Waals surface area contributed by atoms with Gasteiger partial charge in [0.1, 0.15) is 17.3 Å². The lowest BCUT2D eigenvalue weighted by atomic mass is 10.2. The first-order valence-corrected chi connectivity index (χ1v) is 5.15. The minimum atomic E-state index is -0.0640. The van der Waals surface area contributed by atoms with Gasteiger partial charge in [-0.1, -0.05) is 0 Å². The van der Waals surface area contributed by atoms with Gasteiger partial charge in [-0.15, -0.1) is 0 Å². The number of amidine groups is 1. The summed E-state index contributed by atoms with van der Waals surface area (Å²) in [6, 6.07) is 0.359. The molecule has 6 nitrogen and oxygen atoms in total. The monoisotopic (exact) mass is 221 g/mol. The summed E-state index contributed by atoms with van der Waals surface area (Å²) in [7, 11) is 1.97. The SMILES string of the molecule is CN(c1cnc(C(=N)N)cn1)C1CCOC1. The summed E-state index contributed by atoms with van der Waals surface area (Å²) in [5, 5.41) is 7.22. The van der Waals surface area contributed by atoms with E-state index in [9.17, 15) is 0 Å². The molecular formula is C10H15N5O. The minimum Gasteiger partial charge on any atom is -0.382 e. The number of nitrogens with two attached hydrogens (primary N) is 1. The Bertz CT molecular complexity index is 371. The molecule has 0 radical (unpaired) electrons. The van der Waals surface area contributed by atoms with Crippen molar-refractivity contribution in [1.29, 1.82) is 5.41 Å². The van der Waals surface area contributed by atoms with Crippen molar-refractivity contribution in [3.63, 3.8) is 0 Å². The molecule has 0 bridgehead atoms. The van der Waals surface area contributed by atoms with E-state index in [1.807, 2.05) is 11.9 Å². The fourth-order valence-electron chi connectivity index (χ4n) is 1.66. The second-order valence-corrected chi connectivity index (χ2v) is 3.80. The molecule has 1 aromatic heterocycles. The highest BCUT2D eigenvalue weighted by atomic mass is 16.5. The zero-order chi connectivity index (χ0) is 11.5. The highest BCUT2D eigenvalue weighted by molar-refractivity contribution is 5.92. The predicted octanol–water partition coefficient (Wildman–Crippen LogP) is -0.0142. The number of hydrogen-bond acceptors (Lipinski definition) is 5. The largest absolute Gasteiger partial charge is 0.382 e. The zero-order valence-electron chi connectivity index (χ0n) is 9.18. The predicted molar refractivity (Wildman–Crippen MR) is 60.7 cm³/mol. The fraction of sp³-hybridized carbons (Fsp3) is 0.500. The van der Waals surface area contributed by atoms with Gasteiger partial charge in [-0.2, -0.15) is 0 Å². The Morgan fingerprint density at radius 1 is 1.56 bits per heavy atom. The molecule has 1 atom stereocenters. The quantitative estimate of drug-likeness (QED) is 0.553. The number of aromatic nitrogens is 2. The third kappa shape index (κ3) is 2.11. The lowest BCUT2D eigenvalue weighted by Crippen LogP contribution is -2.32. The summed E-state index contributed by atoms with van der Waals surface area (Å²) in [5.41, 5.74) is 5.71. The third-order valence-electron chi connectivity index (χ3n) is 2.73. The molecule has 16 heavy (non-hydrogen) atoms. The average molecular weight is 221 g/mol. The Balaban J connectivity index is 2.11. The molecule has 1 saturated heterocycles. The molecule has 2 heterocycles. The van der Waals surface area contributed by atoms with Crippen molar-refractivity contribution in [1.82, 2.24) is 9.97 Å². The summed E-state index contributed by atoms with van der Waals surface area (Å²) in [6.45, 7) is 1.53. The normalized spacial score (nSPS) is 19.7. The van der Waals surface area contributed by atoms with Crippen LogP contribution in [0.2, 0.25) is 0 Å². The molecule has 0 aliphatic carbocycles. The molecule has 1 aliphatic rings. The Labute approximate surface area is 94.0 Å². The van der Waals surface area contributed by atoms with Crippen molar-refractivity contribution in [3.05, 3.63) is 18.1 Å². The summed E-state index contributed by atoms with van der Waals surface area (Å²) < 4.78 is 5.32. The van der Waals surface area contributed by atoms with Gasteiger partial charge in [-0.3, -0.25) is 5.41 Å². The first-order valence-electron chi connectivity index (χ1n) is 5.15. The van der Waals surface area contributed by atoms with Crippen molar-refractivity contribution >= 4 is 11.7 Å². The number of anilines is 1. The van der Waals surface area contributed by atoms with E-state index < -0.39 is 0 Å². The van der Waals surface area contributed by atoms with Crippen LogP contribution in [-0.2, 0) is 4.74 Å². The van der Waals surface area contributed by atoms with E-state index in [0.29, 0.717) is 11.7 Å². The van der Waals surface area contributed by atoms with E-state index in [4.69, 9.17) is 15.9 Å². The van der Waals surface area contributed by atoms with Gasteiger partial charge in [0.15, 0.2) is 0 Å². The van der Waals surface area contributed by atoms with Gasteiger partial charge in [-0.05, 0) is 6.42 Å². The fourth-order valence-corrected chi connectivity index (χ4v) is 1.66. The van der Waals surface area contributed by atoms with Gasteiger partial charge in [0.2, 0.25) is 0 Å². The Morgan fingerprint density at radius 2 is 2.38 bits per heavy atom. The lowest BCUT2D eigenvalue weighted by molar-refractivity contribution is 0.193. The maximum Gasteiger partial charge on any atom is 0.147 e. The van der Waals surface area contributed by atoms with Crippen LogP contribution in [0.3, 0.4) is 0 Å². The summed E-state index contributed by atoms with van der Waals surface area (Å²) in [6.07, 6.45) is 4.16. The van der Waals surface area contributed by atoms with Crippen molar-refractivity contribution in [3.8, 4) is 0 Å². The lowest BCUT2D eigenvalue weighted by Gasteiger charge is -2.23. The maximum absolute atomic E-state index is 7.22. The van der Waals surface area contributed by atoms with Gasteiger partial charge >= 0.3 is 0 Å². The van der Waals surface area contributed by atoms with E-state index in [-0.39, 0.29) is 5.84 Å². The third-order valence-corrected chi connectivity index (χ3v) is 2.73. The van der Waals surface area contributed by atoms with Crippen LogP contribution in [0.25, 0.3) is 0 Å². The second-order valence-electron chi connectivity index (χ2n) is 3.80. The van der Waals surface area contributed by atoms with E-state index in [2.05, 4.69) is 9.97 Å². The molecule has 1 unspecified atom stereocenters. The number of ether oxygens (including phenoxy) is 1. The van der Waals surface area contributed by atoms with Gasteiger partial charge < -0.3 is 15.4 Å². The highest BCUT2D eigenvalue weighted by Crippen LogP contribution is 2.16. The first-order chi connectivity index (χ1) is 7.68. The van der Waals surface area contributed by atoms with Crippen molar-refractivity contribution in [2.24, 2.45) is 5.73 Å². The molecular weight excluding hydrogens is 206 g/mol. The Hall–Kier alpha value is -1.69. The first kappa shape index (κ1) is 10.8. The number of rotatable bonds is 3. The van der Waals surface area contributed by atoms with E-state index in [1.54, 1.807) is 6.20 Å². The van der Waals surface area contributed by atoms with Gasteiger partial charge in [0, 0.05) is 13.7 Å². The van der Waals surface area contributed by atoms with E-state index in [0.717, 1.165) is 25.5 Å². The van der Waals surface area contributed by atoms with E-state index >= 15 is 0 Å². The zero-order valence-corrected chi connectivity index (χ0v) is 9.18. The minimum absolute atomic E-state index is 0.0640. The molecule has 3 N–H and O–H groups in total. The van der Waals surface area contributed by atoms with Crippen LogP contribution in [0.4, 0.5) is 5.82 Å². The molecule has 2 rings (SSSR count). The molecule has 1 aliphatic heterocycles. The summed E-state index contributed by atoms with van der Waals surface area (Å²) in [4.78, 5) is 10.4. The van der Waals surface area contributed by atoms with Crippen LogP contribution in [0.15, 0.2) is 12.4 Å². The van der Waals surface area contributed by atoms with Crippen LogP contribution in [0.1, 0.15) is 12.1 Å². The molecule has 0 aromatic carbocycles. The molecule has 86 valence electrons. The molecule has 0 amide bonds. The maximum atomic E-state index is 7.22. The van der Waals surface area contributed by atoms with Crippen molar-refractivity contribution < 1.29 is 4.74 Å². The Morgan fingerprint density at radius 3 is 2.88 bits per heavy atom. The van der Waals surface area contributed by atoms with Crippen LogP contribution in [0, 0.1) is 5.41 Å². The van der Waals surface area contributed by atoms with Gasteiger partial charge in [-0.25, -0.2) is 9.97 Å². The molecule has 1 fully saturated rings. The van der Waals surface area contributed by atoms with Crippen LogP contribution >= 0.6 is 0 Å². The van der Waals surface area contributed by atoms with Gasteiger partial charge in [0.05, 0.1) is 25.0 Å². The smallest absolute Gasteiger partial charge is 0.147 e. The second kappa shape index (κ2) is 4.44. The van der Waals surface area contributed by atoms with Gasteiger partial charge in [0.25, 0.3) is 0 Å². The van der Waals surface area contributed by atoms with Crippen molar-refractivity contribution in [2.75, 3.05) is 25.2 Å². The molecule has 0 spiro atoms. The molecule has 6 heteroatoms. The average Bonchev–Trinajstić information content (AvgIpc) is 2.81. The number of nitrogens with zero attached hydrogens (tertiary/aromatic N) is 3. The highest BCUT2D eigenvalue weighted by Gasteiger charge is 2.21.